The number of para-hydroxylation sites is 1. The average molecular weight is 351 g/mol. The fourth-order valence-corrected chi connectivity index (χ4v) is 3.10. The highest BCUT2D eigenvalue weighted by atomic mass is 16.1. The number of pyridine rings is 1. The van der Waals surface area contributed by atoms with Gasteiger partial charge in [0.25, 0.3) is 5.56 Å². The second-order valence-electron chi connectivity index (χ2n) is 6.25. The van der Waals surface area contributed by atoms with E-state index in [1.807, 2.05) is 72.8 Å². The highest BCUT2D eigenvalue weighted by Crippen LogP contribution is 2.24. The standard InChI is InChI=1S/C24H17NO2/c26-23(18-9-2-1-3-10-18)15-14-17-8-4-6-12-20(17)21-16-19-11-5-7-13-22(19)25-24(21)27/h1-16H,(H,25,27). The summed E-state index contributed by atoms with van der Waals surface area (Å²) in [6, 6.07) is 26.3. The van der Waals surface area contributed by atoms with E-state index in [-0.39, 0.29) is 11.3 Å². The van der Waals surface area contributed by atoms with Crippen molar-refractivity contribution in [2.75, 3.05) is 0 Å². The maximum Gasteiger partial charge on any atom is 0.256 e. The summed E-state index contributed by atoms with van der Waals surface area (Å²) in [5.41, 5.74) is 3.49. The van der Waals surface area contributed by atoms with Crippen LogP contribution < -0.4 is 5.56 Å². The number of benzene rings is 3. The Morgan fingerprint density at radius 1 is 0.778 bits per heavy atom. The average Bonchev–Trinajstić information content (AvgIpc) is 2.72. The molecule has 3 heteroatoms. The molecule has 0 atom stereocenters. The molecule has 0 unspecified atom stereocenters. The lowest BCUT2D eigenvalue weighted by atomic mass is 9.98. The number of allylic oxidation sites excluding steroid dienone is 1. The minimum Gasteiger partial charge on any atom is -0.321 e. The first-order valence-electron chi connectivity index (χ1n) is 8.71. The Morgan fingerprint density at radius 2 is 1.48 bits per heavy atom. The molecule has 0 aliphatic rings. The number of hydrogen-bond acceptors (Lipinski definition) is 2. The maximum atomic E-state index is 12.6. The molecule has 0 radical (unpaired) electrons. The third-order valence-electron chi connectivity index (χ3n) is 4.48. The van der Waals surface area contributed by atoms with Crippen molar-refractivity contribution >= 4 is 22.8 Å². The lowest BCUT2D eigenvalue weighted by molar-refractivity contribution is 0.104. The first kappa shape index (κ1) is 16.7. The van der Waals surface area contributed by atoms with Crippen LogP contribution in [0.5, 0.6) is 0 Å². The van der Waals surface area contributed by atoms with E-state index in [1.165, 1.54) is 0 Å². The normalized spacial score (nSPS) is 11.1. The van der Waals surface area contributed by atoms with Crippen LogP contribution >= 0.6 is 0 Å². The van der Waals surface area contributed by atoms with E-state index in [4.69, 9.17) is 0 Å². The highest BCUT2D eigenvalue weighted by molar-refractivity contribution is 6.07. The number of fused-ring (bicyclic) bond motifs is 1. The summed E-state index contributed by atoms with van der Waals surface area (Å²) in [4.78, 5) is 27.9. The number of aromatic amines is 1. The summed E-state index contributed by atoms with van der Waals surface area (Å²) in [5, 5.41) is 0.964. The van der Waals surface area contributed by atoms with Crippen LogP contribution in [-0.2, 0) is 0 Å². The number of H-pyrrole nitrogens is 1. The largest absolute Gasteiger partial charge is 0.321 e. The molecule has 3 aromatic carbocycles. The Hall–Kier alpha value is -3.72. The van der Waals surface area contributed by atoms with E-state index in [2.05, 4.69) is 4.98 Å². The van der Waals surface area contributed by atoms with E-state index >= 15 is 0 Å². The number of carbonyl (C=O) groups excluding carboxylic acids is 1. The van der Waals surface area contributed by atoms with Gasteiger partial charge in [0.15, 0.2) is 5.78 Å². The van der Waals surface area contributed by atoms with Gasteiger partial charge in [0.05, 0.1) is 0 Å². The van der Waals surface area contributed by atoms with E-state index in [0.717, 1.165) is 22.0 Å². The van der Waals surface area contributed by atoms with E-state index in [0.29, 0.717) is 11.1 Å². The first-order chi connectivity index (χ1) is 13.2. The molecule has 1 N–H and O–H groups in total. The maximum absolute atomic E-state index is 12.6. The SMILES string of the molecule is O=C(C=Cc1ccccc1-c1cc2ccccc2[nH]c1=O)c1ccccc1. The zero-order chi connectivity index (χ0) is 18.6. The molecular weight excluding hydrogens is 334 g/mol. The zero-order valence-electron chi connectivity index (χ0n) is 14.6. The number of carbonyl (C=O) groups is 1. The van der Waals surface area contributed by atoms with Gasteiger partial charge >= 0.3 is 0 Å². The minimum atomic E-state index is -0.149. The van der Waals surface area contributed by atoms with Crippen LogP contribution in [0.2, 0.25) is 0 Å². The smallest absolute Gasteiger partial charge is 0.256 e. The van der Waals surface area contributed by atoms with Crippen LogP contribution in [0.3, 0.4) is 0 Å². The van der Waals surface area contributed by atoms with E-state index in [1.54, 1.807) is 24.3 Å². The number of ketones is 1. The van der Waals surface area contributed by atoms with Crippen molar-refractivity contribution in [2.45, 2.75) is 0 Å². The summed E-state index contributed by atoms with van der Waals surface area (Å²) in [6.45, 7) is 0. The summed E-state index contributed by atoms with van der Waals surface area (Å²) < 4.78 is 0. The van der Waals surface area contributed by atoms with E-state index in [9.17, 15) is 9.59 Å². The van der Waals surface area contributed by atoms with Crippen molar-refractivity contribution in [3.8, 4) is 11.1 Å². The molecule has 0 saturated carbocycles. The molecule has 27 heavy (non-hydrogen) atoms. The minimum absolute atomic E-state index is 0.0715. The van der Waals surface area contributed by atoms with Crippen molar-refractivity contribution < 1.29 is 4.79 Å². The highest BCUT2D eigenvalue weighted by Gasteiger charge is 2.09. The van der Waals surface area contributed by atoms with Gasteiger partial charge in [0, 0.05) is 16.6 Å². The molecular formula is C24H17NO2. The van der Waals surface area contributed by atoms with Crippen LogP contribution in [0.25, 0.3) is 28.1 Å². The van der Waals surface area contributed by atoms with Crippen molar-refractivity contribution in [2.24, 2.45) is 0 Å². The van der Waals surface area contributed by atoms with Crippen molar-refractivity contribution in [3.63, 3.8) is 0 Å². The topological polar surface area (TPSA) is 49.9 Å². The van der Waals surface area contributed by atoms with Gasteiger partial charge in [-0.25, -0.2) is 0 Å². The molecule has 1 heterocycles. The lowest BCUT2D eigenvalue weighted by Gasteiger charge is -2.07. The predicted molar refractivity (Wildman–Crippen MR) is 110 cm³/mol. The molecule has 130 valence electrons. The number of rotatable bonds is 4. The van der Waals surface area contributed by atoms with Gasteiger partial charge in [-0.15, -0.1) is 0 Å². The quantitative estimate of drug-likeness (QED) is 0.411. The fraction of sp³-hybridized carbons (Fsp3) is 0. The van der Waals surface area contributed by atoms with Crippen LogP contribution in [0.1, 0.15) is 15.9 Å². The Balaban J connectivity index is 1.76. The van der Waals surface area contributed by atoms with Crippen LogP contribution in [0.4, 0.5) is 0 Å². The van der Waals surface area contributed by atoms with Gasteiger partial charge in [0.2, 0.25) is 0 Å². The molecule has 0 bridgehead atoms. The van der Waals surface area contributed by atoms with Gasteiger partial charge in [-0.05, 0) is 34.7 Å². The molecule has 4 aromatic rings. The molecule has 0 spiro atoms. The molecule has 1 aromatic heterocycles. The van der Waals surface area contributed by atoms with Crippen LogP contribution in [0, 0.1) is 0 Å². The molecule has 3 nitrogen and oxygen atoms in total. The molecule has 0 aliphatic carbocycles. The zero-order valence-corrected chi connectivity index (χ0v) is 14.6. The summed E-state index contributed by atoms with van der Waals surface area (Å²) in [7, 11) is 0. The predicted octanol–water partition coefficient (Wildman–Crippen LogP) is 5.09. The Kier molecular flexibility index (Phi) is 4.50. The molecule has 0 fully saturated rings. The molecule has 4 rings (SSSR count). The molecule has 0 saturated heterocycles. The summed E-state index contributed by atoms with van der Waals surface area (Å²) in [6.07, 6.45) is 3.31. The third kappa shape index (κ3) is 3.48. The second kappa shape index (κ2) is 7.26. The Morgan fingerprint density at radius 3 is 2.33 bits per heavy atom. The van der Waals surface area contributed by atoms with Gasteiger partial charge < -0.3 is 4.98 Å². The molecule has 0 aliphatic heterocycles. The number of hydrogen-bond donors (Lipinski definition) is 1. The fourth-order valence-electron chi connectivity index (χ4n) is 3.10. The monoisotopic (exact) mass is 351 g/mol. The first-order valence-corrected chi connectivity index (χ1v) is 8.71. The van der Waals surface area contributed by atoms with Gasteiger partial charge in [-0.2, -0.15) is 0 Å². The Labute approximate surface area is 156 Å². The molecule has 0 amide bonds. The van der Waals surface area contributed by atoms with Crippen molar-refractivity contribution in [1.29, 1.82) is 0 Å². The van der Waals surface area contributed by atoms with E-state index < -0.39 is 0 Å². The Bertz CT molecular complexity index is 1200. The van der Waals surface area contributed by atoms with Gasteiger partial charge in [-0.1, -0.05) is 78.9 Å². The number of nitrogens with one attached hydrogen (secondary N) is 1. The third-order valence-corrected chi connectivity index (χ3v) is 4.48. The summed E-state index contributed by atoms with van der Waals surface area (Å²) >= 11 is 0. The van der Waals surface area contributed by atoms with Gasteiger partial charge in [-0.3, -0.25) is 9.59 Å². The second-order valence-corrected chi connectivity index (χ2v) is 6.25. The summed E-state index contributed by atoms with van der Waals surface area (Å²) in [5.74, 6) is -0.0715. The van der Waals surface area contributed by atoms with Gasteiger partial charge in [0.1, 0.15) is 0 Å². The lowest BCUT2D eigenvalue weighted by Crippen LogP contribution is -2.09. The van der Waals surface area contributed by atoms with Crippen molar-refractivity contribution in [1.82, 2.24) is 4.98 Å². The number of aromatic nitrogens is 1. The van der Waals surface area contributed by atoms with Crippen LogP contribution in [0.15, 0.2) is 95.8 Å². The van der Waals surface area contributed by atoms with Crippen LogP contribution in [-0.4, -0.2) is 10.8 Å². The van der Waals surface area contributed by atoms with Crippen molar-refractivity contribution in [3.05, 3.63) is 112 Å².